The molecule has 84 valence electrons. The van der Waals surface area contributed by atoms with Crippen molar-refractivity contribution in [1.29, 1.82) is 0 Å². The first kappa shape index (κ1) is 10.5. The highest BCUT2D eigenvalue weighted by molar-refractivity contribution is 5.87. The Morgan fingerprint density at radius 3 is 3.00 bits per heavy atom. The third kappa shape index (κ3) is 1.98. The van der Waals surface area contributed by atoms with E-state index in [4.69, 9.17) is 5.11 Å². The molecule has 5 heteroatoms. The summed E-state index contributed by atoms with van der Waals surface area (Å²) in [6.07, 6.45) is 6.95. The van der Waals surface area contributed by atoms with Gasteiger partial charge in [-0.2, -0.15) is 0 Å². The molecule has 5 nitrogen and oxygen atoms in total. The summed E-state index contributed by atoms with van der Waals surface area (Å²) >= 11 is 0. The van der Waals surface area contributed by atoms with Crippen molar-refractivity contribution in [3.05, 3.63) is 42.2 Å². The normalized spacial score (nSPS) is 10.6. The number of hydrogen-bond acceptors (Lipinski definition) is 2. The van der Waals surface area contributed by atoms with Crippen LogP contribution in [0, 0.1) is 0 Å². The number of hydrogen-bond donors (Lipinski definition) is 1. The number of aromatic carboxylic acids is 1. The van der Waals surface area contributed by atoms with Gasteiger partial charge in [0.15, 0.2) is 0 Å². The van der Waals surface area contributed by atoms with Crippen LogP contribution in [0.1, 0.15) is 23.0 Å². The molecule has 0 saturated heterocycles. The average molecular weight is 219 g/mol. The Labute approximate surface area is 93.0 Å². The topological polar surface area (TPSA) is 60.0 Å². The molecule has 2 heterocycles. The quantitative estimate of drug-likeness (QED) is 0.846. The molecule has 0 bridgehead atoms. The van der Waals surface area contributed by atoms with E-state index < -0.39 is 5.97 Å². The predicted molar refractivity (Wildman–Crippen MR) is 58.4 cm³/mol. The number of aryl methyl sites for hydroxylation is 1. The van der Waals surface area contributed by atoms with E-state index in [1.807, 2.05) is 16.1 Å². The van der Waals surface area contributed by atoms with Crippen molar-refractivity contribution < 1.29 is 9.90 Å². The number of carboxylic acids is 1. The van der Waals surface area contributed by atoms with Gasteiger partial charge in [-0.05, 0) is 13.0 Å². The molecule has 0 unspecified atom stereocenters. The predicted octanol–water partition coefficient (Wildman–Crippen LogP) is 1.45. The Hall–Kier alpha value is -2.04. The van der Waals surface area contributed by atoms with Gasteiger partial charge >= 0.3 is 5.97 Å². The van der Waals surface area contributed by atoms with E-state index in [1.54, 1.807) is 31.0 Å². The number of rotatable bonds is 4. The molecule has 0 amide bonds. The number of nitrogens with zero attached hydrogens (tertiary/aromatic N) is 3. The van der Waals surface area contributed by atoms with Crippen LogP contribution in [-0.2, 0) is 13.1 Å². The highest BCUT2D eigenvalue weighted by atomic mass is 16.4. The molecule has 1 N–H and O–H groups in total. The highest BCUT2D eigenvalue weighted by Crippen LogP contribution is 2.06. The molecular weight excluding hydrogens is 206 g/mol. The Kier molecular flexibility index (Phi) is 2.76. The Balaban J connectivity index is 2.17. The summed E-state index contributed by atoms with van der Waals surface area (Å²) in [6, 6.07) is 1.59. The molecule has 0 atom stereocenters. The molecule has 0 fully saturated rings. The zero-order valence-corrected chi connectivity index (χ0v) is 9.00. The van der Waals surface area contributed by atoms with Gasteiger partial charge in [0.2, 0.25) is 0 Å². The van der Waals surface area contributed by atoms with Gasteiger partial charge in [-0.1, -0.05) is 0 Å². The van der Waals surface area contributed by atoms with E-state index in [0.717, 1.165) is 12.2 Å². The summed E-state index contributed by atoms with van der Waals surface area (Å²) in [5.41, 5.74) is 1.37. The van der Waals surface area contributed by atoms with E-state index in [1.165, 1.54) is 0 Å². The minimum Gasteiger partial charge on any atom is -0.478 e. The average Bonchev–Trinajstić information content (AvgIpc) is 2.87. The largest absolute Gasteiger partial charge is 0.478 e. The lowest BCUT2D eigenvalue weighted by molar-refractivity contribution is 0.0697. The van der Waals surface area contributed by atoms with Crippen LogP contribution in [0.5, 0.6) is 0 Å². The molecule has 0 aliphatic heterocycles. The minimum atomic E-state index is -0.900. The molecule has 2 aromatic rings. The SMILES string of the molecule is CCn1cncc1Cn1ccc(C(=O)O)c1. The van der Waals surface area contributed by atoms with Gasteiger partial charge in [0, 0.05) is 25.1 Å². The smallest absolute Gasteiger partial charge is 0.337 e. The molecule has 2 aromatic heterocycles. The maximum Gasteiger partial charge on any atom is 0.337 e. The molecule has 0 radical (unpaired) electrons. The monoisotopic (exact) mass is 219 g/mol. The molecule has 0 spiro atoms. The molecule has 0 aliphatic carbocycles. The fourth-order valence-corrected chi connectivity index (χ4v) is 1.62. The first-order valence-electron chi connectivity index (χ1n) is 5.08. The van der Waals surface area contributed by atoms with Crippen molar-refractivity contribution in [3.8, 4) is 0 Å². The third-order valence-electron chi connectivity index (χ3n) is 2.48. The summed E-state index contributed by atoms with van der Waals surface area (Å²) in [5, 5.41) is 8.79. The third-order valence-corrected chi connectivity index (χ3v) is 2.48. The van der Waals surface area contributed by atoms with E-state index in [-0.39, 0.29) is 0 Å². The van der Waals surface area contributed by atoms with E-state index >= 15 is 0 Å². The van der Waals surface area contributed by atoms with Gasteiger partial charge in [0.1, 0.15) is 0 Å². The van der Waals surface area contributed by atoms with E-state index in [0.29, 0.717) is 12.1 Å². The maximum absolute atomic E-state index is 10.7. The van der Waals surface area contributed by atoms with E-state index in [9.17, 15) is 4.79 Å². The van der Waals surface area contributed by atoms with Gasteiger partial charge in [-0.3, -0.25) is 0 Å². The molecular formula is C11H13N3O2. The second kappa shape index (κ2) is 4.22. The van der Waals surface area contributed by atoms with Crippen LogP contribution in [0.3, 0.4) is 0 Å². The van der Waals surface area contributed by atoms with Crippen molar-refractivity contribution in [2.75, 3.05) is 0 Å². The Bertz CT molecular complexity index is 499. The van der Waals surface area contributed by atoms with Crippen molar-refractivity contribution in [1.82, 2.24) is 14.1 Å². The standard InChI is InChI=1S/C11H13N3O2/c1-2-14-8-12-5-10(14)7-13-4-3-9(6-13)11(15)16/h3-6,8H,2,7H2,1H3,(H,15,16). The molecule has 0 saturated carbocycles. The van der Waals surface area contributed by atoms with Gasteiger partial charge in [-0.25, -0.2) is 9.78 Å². The lowest BCUT2D eigenvalue weighted by Crippen LogP contribution is -2.04. The van der Waals surface area contributed by atoms with Crippen molar-refractivity contribution in [2.45, 2.75) is 20.0 Å². The number of carboxylic acid groups (broad SMARTS) is 1. The summed E-state index contributed by atoms with van der Waals surface area (Å²) in [5.74, 6) is -0.900. The van der Waals surface area contributed by atoms with Crippen molar-refractivity contribution in [3.63, 3.8) is 0 Å². The van der Waals surface area contributed by atoms with Crippen LogP contribution < -0.4 is 0 Å². The summed E-state index contributed by atoms with van der Waals surface area (Å²) < 4.78 is 3.87. The molecule has 2 rings (SSSR count). The van der Waals surface area contributed by atoms with Crippen molar-refractivity contribution in [2.24, 2.45) is 0 Å². The highest BCUT2D eigenvalue weighted by Gasteiger charge is 2.06. The van der Waals surface area contributed by atoms with Crippen LogP contribution >= 0.6 is 0 Å². The van der Waals surface area contributed by atoms with Crippen LogP contribution in [-0.4, -0.2) is 25.2 Å². The minimum absolute atomic E-state index is 0.308. The van der Waals surface area contributed by atoms with Gasteiger partial charge in [0.25, 0.3) is 0 Å². The van der Waals surface area contributed by atoms with Crippen LogP contribution in [0.2, 0.25) is 0 Å². The van der Waals surface area contributed by atoms with Crippen molar-refractivity contribution >= 4 is 5.97 Å². The fraction of sp³-hybridized carbons (Fsp3) is 0.273. The zero-order valence-electron chi connectivity index (χ0n) is 9.00. The second-order valence-electron chi connectivity index (χ2n) is 3.55. The summed E-state index contributed by atoms with van der Waals surface area (Å²) in [7, 11) is 0. The first-order valence-corrected chi connectivity index (χ1v) is 5.08. The van der Waals surface area contributed by atoms with Crippen LogP contribution in [0.25, 0.3) is 0 Å². The number of aromatic nitrogens is 3. The summed E-state index contributed by atoms with van der Waals surface area (Å²) in [6.45, 7) is 3.55. The Morgan fingerprint density at radius 2 is 2.38 bits per heavy atom. The second-order valence-corrected chi connectivity index (χ2v) is 3.55. The van der Waals surface area contributed by atoms with E-state index in [2.05, 4.69) is 4.98 Å². The Morgan fingerprint density at radius 1 is 1.56 bits per heavy atom. The number of imidazole rings is 1. The van der Waals surface area contributed by atoms with Gasteiger partial charge in [-0.15, -0.1) is 0 Å². The summed E-state index contributed by atoms with van der Waals surface area (Å²) in [4.78, 5) is 14.8. The zero-order chi connectivity index (χ0) is 11.5. The van der Waals surface area contributed by atoms with Gasteiger partial charge < -0.3 is 14.2 Å². The lowest BCUT2D eigenvalue weighted by atomic mass is 10.3. The molecule has 0 aromatic carbocycles. The lowest BCUT2D eigenvalue weighted by Gasteiger charge is -2.05. The fourth-order valence-electron chi connectivity index (χ4n) is 1.62. The van der Waals surface area contributed by atoms with Crippen LogP contribution in [0.15, 0.2) is 31.0 Å². The maximum atomic E-state index is 10.7. The molecule has 16 heavy (non-hydrogen) atoms. The van der Waals surface area contributed by atoms with Gasteiger partial charge in [0.05, 0.1) is 24.1 Å². The van der Waals surface area contributed by atoms with Crippen LogP contribution in [0.4, 0.5) is 0 Å². The molecule has 0 aliphatic rings. The number of carbonyl (C=O) groups is 1. The first-order chi connectivity index (χ1) is 7.70.